The van der Waals surface area contributed by atoms with Gasteiger partial charge in [-0.15, -0.1) is 0 Å². The minimum Gasteiger partial charge on any atom is -0.489 e. The molecule has 0 saturated heterocycles. The van der Waals surface area contributed by atoms with Crippen molar-refractivity contribution in [1.29, 1.82) is 0 Å². The van der Waals surface area contributed by atoms with E-state index in [-0.39, 0.29) is 18.2 Å². The van der Waals surface area contributed by atoms with Gasteiger partial charge in [-0.25, -0.2) is 0 Å². The second-order valence-corrected chi connectivity index (χ2v) is 8.27. The van der Waals surface area contributed by atoms with Crippen LogP contribution in [0, 0.1) is 0 Å². The number of benzene rings is 2. The number of hydrogen-bond acceptors (Lipinski definition) is 7. The molecule has 4 rings (SSSR count). The largest absolute Gasteiger partial charge is 0.489 e. The first kappa shape index (κ1) is 21.3. The Kier molecular flexibility index (Phi) is 6.25. The second-order valence-electron chi connectivity index (χ2n) is 8.27. The Morgan fingerprint density at radius 2 is 2.06 bits per heavy atom. The lowest BCUT2D eigenvalue weighted by molar-refractivity contribution is 0.186. The van der Waals surface area contributed by atoms with Crippen molar-refractivity contribution in [1.82, 2.24) is 15.5 Å². The molecule has 1 heterocycles. The van der Waals surface area contributed by atoms with Gasteiger partial charge in [0.1, 0.15) is 5.75 Å². The van der Waals surface area contributed by atoms with Crippen LogP contribution in [0.1, 0.15) is 44.4 Å². The van der Waals surface area contributed by atoms with Crippen molar-refractivity contribution in [2.24, 2.45) is 0 Å². The van der Waals surface area contributed by atoms with Crippen molar-refractivity contribution in [3.63, 3.8) is 0 Å². The van der Waals surface area contributed by atoms with Crippen molar-refractivity contribution >= 4 is 5.69 Å². The summed E-state index contributed by atoms with van der Waals surface area (Å²) in [5.41, 5.74) is 5.20. The third-order valence-corrected chi connectivity index (χ3v) is 5.46. The van der Waals surface area contributed by atoms with Crippen LogP contribution in [0.2, 0.25) is 0 Å². The lowest BCUT2D eigenvalue weighted by Crippen LogP contribution is -2.27. The molecule has 2 atom stereocenters. The van der Waals surface area contributed by atoms with Gasteiger partial charge in [-0.05, 0) is 62.9 Å². The van der Waals surface area contributed by atoms with Crippen LogP contribution in [-0.2, 0) is 6.42 Å². The summed E-state index contributed by atoms with van der Waals surface area (Å²) in [4.78, 5) is 4.69. The number of anilines is 1. The standard InChI is InChI=1S/C24H30N4O3/c1-14(2)30-22-11-8-16(12-21(22)25-4)24-27-23(28-31-24)19-7-5-6-18-17(19)9-10-20(18)26-13-15(3)29/h5-8,11-12,14-15,20,25-26,29H,9-10,13H2,1-4H3/t15-,20?/m1/s1. The van der Waals surface area contributed by atoms with Crippen molar-refractivity contribution in [2.75, 3.05) is 18.9 Å². The van der Waals surface area contributed by atoms with Crippen LogP contribution in [-0.4, -0.2) is 41.0 Å². The fourth-order valence-corrected chi connectivity index (χ4v) is 4.05. The number of ether oxygens (including phenoxy) is 1. The summed E-state index contributed by atoms with van der Waals surface area (Å²) in [6.45, 7) is 6.37. The Labute approximate surface area is 182 Å². The molecule has 7 heteroatoms. The summed E-state index contributed by atoms with van der Waals surface area (Å²) >= 11 is 0. The summed E-state index contributed by atoms with van der Waals surface area (Å²) < 4.78 is 11.5. The zero-order chi connectivity index (χ0) is 22.0. The maximum absolute atomic E-state index is 9.59. The van der Waals surface area contributed by atoms with Crippen LogP contribution >= 0.6 is 0 Å². The lowest BCUT2D eigenvalue weighted by Gasteiger charge is -2.15. The Morgan fingerprint density at radius 1 is 1.23 bits per heavy atom. The summed E-state index contributed by atoms with van der Waals surface area (Å²) in [5, 5.41) is 20.5. The van der Waals surface area contributed by atoms with E-state index in [9.17, 15) is 5.11 Å². The molecule has 3 N–H and O–H groups in total. The Hall–Kier alpha value is -2.90. The van der Waals surface area contributed by atoms with E-state index in [0.29, 0.717) is 18.3 Å². The molecule has 164 valence electrons. The first-order chi connectivity index (χ1) is 15.0. The van der Waals surface area contributed by atoms with Crippen LogP contribution in [0.3, 0.4) is 0 Å². The van der Waals surface area contributed by atoms with Crippen LogP contribution in [0.4, 0.5) is 5.69 Å². The predicted molar refractivity (Wildman–Crippen MR) is 121 cm³/mol. The van der Waals surface area contributed by atoms with Gasteiger partial charge in [0.25, 0.3) is 5.89 Å². The highest BCUT2D eigenvalue weighted by Crippen LogP contribution is 2.38. The van der Waals surface area contributed by atoms with E-state index in [2.05, 4.69) is 26.8 Å². The summed E-state index contributed by atoms with van der Waals surface area (Å²) in [7, 11) is 1.86. The van der Waals surface area contributed by atoms with Gasteiger partial charge in [0.15, 0.2) is 0 Å². The highest BCUT2D eigenvalue weighted by Gasteiger charge is 2.26. The number of aliphatic hydroxyl groups is 1. The highest BCUT2D eigenvalue weighted by atomic mass is 16.5. The molecule has 0 aliphatic heterocycles. The second kappa shape index (κ2) is 9.08. The minimum absolute atomic E-state index is 0.0899. The molecule has 0 radical (unpaired) electrons. The summed E-state index contributed by atoms with van der Waals surface area (Å²) in [6, 6.07) is 12.3. The van der Waals surface area contributed by atoms with Crippen LogP contribution in [0.15, 0.2) is 40.9 Å². The van der Waals surface area contributed by atoms with E-state index in [1.807, 2.05) is 51.2 Å². The molecule has 0 saturated carbocycles. The molecule has 7 nitrogen and oxygen atoms in total. The molecule has 0 fully saturated rings. The monoisotopic (exact) mass is 422 g/mol. The van der Waals surface area contributed by atoms with Gasteiger partial charge < -0.3 is 25.0 Å². The van der Waals surface area contributed by atoms with Crippen LogP contribution in [0.25, 0.3) is 22.8 Å². The molecule has 0 amide bonds. The third kappa shape index (κ3) is 4.57. The van der Waals surface area contributed by atoms with Crippen LogP contribution < -0.4 is 15.4 Å². The molecule has 1 aliphatic carbocycles. The Balaban J connectivity index is 1.60. The quantitative estimate of drug-likeness (QED) is 0.501. The van der Waals surface area contributed by atoms with Gasteiger partial charge in [0.05, 0.1) is 17.9 Å². The SMILES string of the molecule is CNc1cc(-c2nc(-c3cccc4c3CCC4NC[C@@H](C)O)no2)ccc1OC(C)C. The third-order valence-electron chi connectivity index (χ3n) is 5.46. The van der Waals surface area contributed by atoms with Crippen molar-refractivity contribution in [2.45, 2.75) is 51.9 Å². The maximum Gasteiger partial charge on any atom is 0.258 e. The van der Waals surface area contributed by atoms with Gasteiger partial charge in [-0.3, -0.25) is 0 Å². The van der Waals surface area contributed by atoms with Gasteiger partial charge >= 0.3 is 0 Å². The average molecular weight is 423 g/mol. The van der Waals surface area contributed by atoms with Crippen molar-refractivity contribution < 1.29 is 14.4 Å². The van der Waals surface area contributed by atoms with Gasteiger partial charge in [-0.2, -0.15) is 4.98 Å². The summed E-state index contributed by atoms with van der Waals surface area (Å²) in [6.07, 6.45) is 1.66. The van der Waals surface area contributed by atoms with Crippen molar-refractivity contribution in [3.05, 3.63) is 47.5 Å². The number of aromatic nitrogens is 2. The first-order valence-corrected chi connectivity index (χ1v) is 10.8. The van der Waals surface area contributed by atoms with Gasteiger partial charge in [0, 0.05) is 30.8 Å². The fourth-order valence-electron chi connectivity index (χ4n) is 4.05. The number of aliphatic hydroxyl groups excluding tert-OH is 1. The van der Waals surface area contributed by atoms with E-state index in [1.54, 1.807) is 6.92 Å². The first-order valence-electron chi connectivity index (χ1n) is 10.8. The number of fused-ring (bicyclic) bond motifs is 1. The highest BCUT2D eigenvalue weighted by molar-refractivity contribution is 5.70. The number of rotatable bonds is 8. The smallest absolute Gasteiger partial charge is 0.258 e. The molecule has 2 aromatic carbocycles. The molecule has 1 aliphatic rings. The fraction of sp³-hybridized carbons (Fsp3) is 0.417. The van der Waals surface area contributed by atoms with E-state index in [4.69, 9.17) is 9.26 Å². The minimum atomic E-state index is -0.369. The van der Waals surface area contributed by atoms with Crippen LogP contribution in [0.5, 0.6) is 5.75 Å². The summed E-state index contributed by atoms with van der Waals surface area (Å²) in [5.74, 6) is 1.86. The number of nitrogens with zero attached hydrogens (tertiary/aromatic N) is 2. The molecule has 1 aromatic heterocycles. The topological polar surface area (TPSA) is 92.4 Å². The van der Waals surface area contributed by atoms with Gasteiger partial charge in [-0.1, -0.05) is 23.4 Å². The number of nitrogens with one attached hydrogen (secondary N) is 2. The molecule has 31 heavy (non-hydrogen) atoms. The van der Waals surface area contributed by atoms with E-state index in [0.717, 1.165) is 35.4 Å². The average Bonchev–Trinajstić information content (AvgIpc) is 3.39. The Morgan fingerprint density at radius 3 is 2.81 bits per heavy atom. The predicted octanol–water partition coefficient (Wildman–Crippen LogP) is 4.19. The van der Waals surface area contributed by atoms with E-state index in [1.165, 1.54) is 11.1 Å². The van der Waals surface area contributed by atoms with Gasteiger partial charge in [0.2, 0.25) is 5.82 Å². The van der Waals surface area contributed by atoms with E-state index >= 15 is 0 Å². The number of hydrogen-bond donors (Lipinski definition) is 3. The Bertz CT molecular complexity index is 1050. The molecule has 3 aromatic rings. The molecular weight excluding hydrogens is 392 g/mol. The molecule has 0 bridgehead atoms. The zero-order valence-corrected chi connectivity index (χ0v) is 18.5. The normalized spacial score (nSPS) is 16.4. The lowest BCUT2D eigenvalue weighted by atomic mass is 10.0. The molecule has 0 spiro atoms. The zero-order valence-electron chi connectivity index (χ0n) is 18.5. The maximum atomic E-state index is 9.59. The van der Waals surface area contributed by atoms with E-state index < -0.39 is 0 Å². The molecule has 1 unspecified atom stereocenters. The van der Waals surface area contributed by atoms with Crippen molar-refractivity contribution in [3.8, 4) is 28.6 Å². The molecular formula is C24H30N4O3.